The van der Waals surface area contributed by atoms with E-state index in [9.17, 15) is 4.79 Å². The number of carbonyl (C=O) groups is 1. The molecule has 3 heterocycles. The van der Waals surface area contributed by atoms with Crippen LogP contribution in [0.5, 0.6) is 0 Å². The Morgan fingerprint density at radius 2 is 2.00 bits per heavy atom. The van der Waals surface area contributed by atoms with E-state index in [1.807, 2.05) is 43.3 Å². The number of likely N-dealkylation sites (tertiary alicyclic amines) is 1. The molecule has 0 spiro atoms. The molecule has 3 N–H and O–H groups in total. The average Bonchev–Trinajstić information content (AvgIpc) is 2.55. The molecule has 0 bridgehead atoms. The van der Waals surface area contributed by atoms with Crippen molar-refractivity contribution in [1.29, 1.82) is 0 Å². The number of nitrogens with zero attached hydrogens (tertiary/aromatic N) is 3. The summed E-state index contributed by atoms with van der Waals surface area (Å²) in [4.78, 5) is 22.4. The molecule has 6 nitrogen and oxygen atoms in total. The quantitative estimate of drug-likeness (QED) is 0.880. The molecule has 1 amide bonds. The third-order valence-electron chi connectivity index (χ3n) is 4.22. The molecule has 1 atom stereocenters. The number of primary amides is 1. The van der Waals surface area contributed by atoms with Gasteiger partial charge in [-0.1, -0.05) is 12.1 Å². The number of anilines is 2. The minimum Gasteiger partial charge on any atom is -0.369 e. The summed E-state index contributed by atoms with van der Waals surface area (Å²) >= 11 is 0. The van der Waals surface area contributed by atoms with E-state index in [4.69, 9.17) is 10.7 Å². The highest BCUT2D eigenvalue weighted by atomic mass is 16.1. The topological polar surface area (TPSA) is 84.1 Å². The van der Waals surface area contributed by atoms with Gasteiger partial charge in [-0.25, -0.2) is 9.97 Å². The first-order valence-electron chi connectivity index (χ1n) is 8.28. The molecule has 24 heavy (non-hydrogen) atoms. The molecule has 3 rings (SSSR count). The van der Waals surface area contributed by atoms with Gasteiger partial charge in [0.1, 0.15) is 11.6 Å². The van der Waals surface area contributed by atoms with Crippen molar-refractivity contribution in [3.05, 3.63) is 47.8 Å². The Morgan fingerprint density at radius 3 is 2.75 bits per heavy atom. The van der Waals surface area contributed by atoms with E-state index in [1.165, 1.54) is 0 Å². The van der Waals surface area contributed by atoms with Crippen LogP contribution in [0.25, 0.3) is 0 Å². The van der Waals surface area contributed by atoms with Crippen molar-refractivity contribution >= 4 is 17.5 Å². The number of nitrogens with one attached hydrogen (secondary N) is 1. The Labute approximate surface area is 142 Å². The summed E-state index contributed by atoms with van der Waals surface area (Å²) in [5.74, 6) is 1.63. The first-order chi connectivity index (χ1) is 11.6. The largest absolute Gasteiger partial charge is 0.369 e. The van der Waals surface area contributed by atoms with Gasteiger partial charge in [0.15, 0.2) is 0 Å². The van der Waals surface area contributed by atoms with Gasteiger partial charge in [-0.15, -0.1) is 0 Å². The lowest BCUT2D eigenvalue weighted by atomic mass is 9.94. The van der Waals surface area contributed by atoms with Gasteiger partial charge in [0.2, 0.25) is 5.91 Å². The fourth-order valence-electron chi connectivity index (χ4n) is 3.15. The number of carbonyl (C=O) groups excluding carboxylic acids is 1. The third-order valence-corrected chi connectivity index (χ3v) is 4.22. The predicted molar refractivity (Wildman–Crippen MR) is 94.1 cm³/mol. The molecule has 0 radical (unpaired) electrons. The monoisotopic (exact) mass is 325 g/mol. The maximum absolute atomic E-state index is 11.1. The van der Waals surface area contributed by atoms with Gasteiger partial charge in [0, 0.05) is 23.9 Å². The third kappa shape index (κ3) is 4.29. The molecule has 126 valence electrons. The second kappa shape index (κ2) is 7.40. The van der Waals surface area contributed by atoms with Crippen LogP contribution in [0.3, 0.4) is 0 Å². The highest BCUT2D eigenvalue weighted by Gasteiger charge is 2.23. The fraction of sp³-hybridized carbons (Fsp3) is 0.389. The van der Waals surface area contributed by atoms with Crippen LogP contribution >= 0.6 is 0 Å². The standard InChI is InChI=1S/C18H23N5O/c1-13-5-2-8-17(20-13)22-18-9-3-7-15(21-18)14-6-4-10-23(11-14)12-16(19)24/h2-3,5,7-9,14H,4,6,10-12H2,1H3,(H2,19,24)(H,20,21,22). The van der Waals surface area contributed by atoms with Gasteiger partial charge in [-0.3, -0.25) is 9.69 Å². The van der Waals surface area contributed by atoms with Crippen molar-refractivity contribution in [3.8, 4) is 0 Å². The number of piperidine rings is 1. The molecule has 6 heteroatoms. The van der Waals surface area contributed by atoms with E-state index in [0.717, 1.165) is 49.0 Å². The Bertz CT molecular complexity index is 718. The summed E-state index contributed by atoms with van der Waals surface area (Å²) in [6.45, 7) is 4.03. The number of rotatable bonds is 5. The SMILES string of the molecule is Cc1cccc(Nc2cccc(C3CCCN(CC(N)=O)C3)n2)n1. The Morgan fingerprint density at radius 1 is 1.25 bits per heavy atom. The van der Waals surface area contributed by atoms with E-state index in [2.05, 4.69) is 15.2 Å². The van der Waals surface area contributed by atoms with Crippen molar-refractivity contribution < 1.29 is 4.79 Å². The molecule has 0 aliphatic carbocycles. The molecule has 1 unspecified atom stereocenters. The lowest BCUT2D eigenvalue weighted by Crippen LogP contribution is -2.40. The van der Waals surface area contributed by atoms with Crippen LogP contribution in [0, 0.1) is 6.92 Å². The predicted octanol–water partition coefficient (Wildman–Crippen LogP) is 2.19. The number of aromatic nitrogens is 2. The molecule has 0 aromatic carbocycles. The van der Waals surface area contributed by atoms with Crippen LogP contribution in [0.1, 0.15) is 30.1 Å². The Kier molecular flexibility index (Phi) is 5.05. The van der Waals surface area contributed by atoms with E-state index < -0.39 is 0 Å². The maximum Gasteiger partial charge on any atom is 0.231 e. The van der Waals surface area contributed by atoms with Crippen LogP contribution in [0.4, 0.5) is 11.6 Å². The number of hydrogen-bond acceptors (Lipinski definition) is 5. The molecule has 2 aromatic heterocycles. The van der Waals surface area contributed by atoms with E-state index in [1.54, 1.807) is 0 Å². The minimum absolute atomic E-state index is 0.274. The number of aryl methyl sites for hydroxylation is 1. The van der Waals surface area contributed by atoms with Crippen LogP contribution in [-0.4, -0.2) is 40.4 Å². The molecular formula is C18H23N5O. The summed E-state index contributed by atoms with van der Waals surface area (Å²) in [5, 5.41) is 3.26. The zero-order chi connectivity index (χ0) is 16.9. The molecule has 1 aliphatic rings. The minimum atomic E-state index is -0.274. The van der Waals surface area contributed by atoms with Gasteiger partial charge in [-0.2, -0.15) is 0 Å². The van der Waals surface area contributed by atoms with Crippen LogP contribution in [-0.2, 0) is 4.79 Å². The maximum atomic E-state index is 11.1. The zero-order valence-corrected chi connectivity index (χ0v) is 13.9. The van der Waals surface area contributed by atoms with Crippen LogP contribution in [0.2, 0.25) is 0 Å². The smallest absolute Gasteiger partial charge is 0.231 e. The molecule has 1 saturated heterocycles. The van der Waals surface area contributed by atoms with E-state index in [-0.39, 0.29) is 5.91 Å². The highest BCUT2D eigenvalue weighted by Crippen LogP contribution is 2.26. The van der Waals surface area contributed by atoms with Crippen molar-refractivity contribution in [2.45, 2.75) is 25.7 Å². The summed E-state index contributed by atoms with van der Waals surface area (Å²) in [6, 6.07) is 11.9. The van der Waals surface area contributed by atoms with Gasteiger partial charge >= 0.3 is 0 Å². The van der Waals surface area contributed by atoms with Crippen molar-refractivity contribution in [3.63, 3.8) is 0 Å². The summed E-state index contributed by atoms with van der Waals surface area (Å²) in [7, 11) is 0. The highest BCUT2D eigenvalue weighted by molar-refractivity contribution is 5.75. The van der Waals surface area contributed by atoms with Crippen LogP contribution in [0.15, 0.2) is 36.4 Å². The normalized spacial score (nSPS) is 18.3. The number of nitrogens with two attached hydrogens (primary N) is 1. The lowest BCUT2D eigenvalue weighted by molar-refractivity contribution is -0.119. The van der Waals surface area contributed by atoms with Crippen LogP contribution < -0.4 is 11.1 Å². The second-order valence-electron chi connectivity index (χ2n) is 6.28. The van der Waals surface area contributed by atoms with E-state index >= 15 is 0 Å². The molecule has 1 aliphatic heterocycles. The van der Waals surface area contributed by atoms with Crippen molar-refractivity contribution in [2.24, 2.45) is 5.73 Å². The second-order valence-corrected chi connectivity index (χ2v) is 6.28. The molecule has 2 aromatic rings. The summed E-state index contributed by atoms with van der Waals surface area (Å²) in [6.07, 6.45) is 2.13. The first kappa shape index (κ1) is 16.4. The van der Waals surface area contributed by atoms with E-state index in [0.29, 0.717) is 12.5 Å². The average molecular weight is 325 g/mol. The summed E-state index contributed by atoms with van der Waals surface area (Å²) < 4.78 is 0. The van der Waals surface area contributed by atoms with Gasteiger partial charge in [0.05, 0.1) is 6.54 Å². The molecule has 1 fully saturated rings. The van der Waals surface area contributed by atoms with Gasteiger partial charge in [-0.05, 0) is 50.6 Å². The van der Waals surface area contributed by atoms with Crippen molar-refractivity contribution in [2.75, 3.05) is 25.0 Å². The van der Waals surface area contributed by atoms with Gasteiger partial charge < -0.3 is 11.1 Å². The fourth-order valence-corrected chi connectivity index (χ4v) is 3.15. The summed E-state index contributed by atoms with van der Waals surface area (Å²) in [5.41, 5.74) is 7.32. The number of pyridine rings is 2. The number of hydrogen-bond donors (Lipinski definition) is 2. The lowest BCUT2D eigenvalue weighted by Gasteiger charge is -2.31. The van der Waals surface area contributed by atoms with Crippen molar-refractivity contribution in [1.82, 2.24) is 14.9 Å². The molecule has 0 saturated carbocycles. The first-order valence-corrected chi connectivity index (χ1v) is 8.28. The van der Waals surface area contributed by atoms with Gasteiger partial charge in [0.25, 0.3) is 0 Å². The zero-order valence-electron chi connectivity index (χ0n) is 13.9. The molecular weight excluding hydrogens is 302 g/mol. The Balaban J connectivity index is 1.71. The Hall–Kier alpha value is -2.47. The number of amides is 1.